The van der Waals surface area contributed by atoms with E-state index in [1.165, 1.54) is 12.1 Å². The quantitative estimate of drug-likeness (QED) is 0.762. The zero-order chi connectivity index (χ0) is 11.3. The van der Waals surface area contributed by atoms with Crippen molar-refractivity contribution in [3.8, 4) is 6.07 Å². The van der Waals surface area contributed by atoms with Crippen molar-refractivity contribution in [1.82, 2.24) is 4.90 Å². The summed E-state index contributed by atoms with van der Waals surface area (Å²) >= 11 is 0. The second-order valence-electron chi connectivity index (χ2n) is 3.42. The van der Waals surface area contributed by atoms with Gasteiger partial charge >= 0.3 is 0 Å². The van der Waals surface area contributed by atoms with E-state index in [1.807, 2.05) is 11.0 Å². The van der Waals surface area contributed by atoms with Gasteiger partial charge < -0.3 is 4.90 Å². The summed E-state index contributed by atoms with van der Waals surface area (Å²) in [5.74, 6) is -1.14. The Hall–Kier alpha value is -1.47. The second kappa shape index (κ2) is 5.42. The Labute approximate surface area is 87.7 Å². The summed E-state index contributed by atoms with van der Waals surface area (Å²) in [5, 5.41) is 8.37. The molecule has 0 saturated carbocycles. The first-order valence-corrected chi connectivity index (χ1v) is 4.62. The van der Waals surface area contributed by atoms with Gasteiger partial charge in [-0.15, -0.1) is 0 Å². The molecular weight excluding hydrogens is 198 g/mol. The Balaban J connectivity index is 2.60. The molecule has 0 bridgehead atoms. The van der Waals surface area contributed by atoms with E-state index in [0.717, 1.165) is 6.07 Å². The van der Waals surface area contributed by atoms with E-state index >= 15 is 0 Å². The van der Waals surface area contributed by atoms with Crippen LogP contribution < -0.4 is 0 Å². The van der Waals surface area contributed by atoms with Crippen molar-refractivity contribution in [2.75, 3.05) is 13.6 Å². The fraction of sp³-hybridized carbons (Fsp3) is 0.364. The predicted octanol–water partition coefficient (Wildman–Crippen LogP) is 2.31. The Kier molecular flexibility index (Phi) is 4.19. The maximum Gasteiger partial charge on any atom is 0.126 e. The Morgan fingerprint density at radius 2 is 1.87 bits per heavy atom. The molecule has 0 N–H and O–H groups in total. The third-order valence-corrected chi connectivity index (χ3v) is 1.98. The molecule has 0 heterocycles. The molecule has 0 atom stereocenters. The number of nitriles is 1. The Morgan fingerprint density at radius 3 is 2.40 bits per heavy atom. The molecule has 0 aromatic heterocycles. The lowest BCUT2D eigenvalue weighted by Crippen LogP contribution is -2.18. The molecule has 0 aliphatic heterocycles. The minimum Gasteiger partial charge on any atom is -0.301 e. The smallest absolute Gasteiger partial charge is 0.126 e. The van der Waals surface area contributed by atoms with Crippen LogP contribution in [0.4, 0.5) is 8.78 Å². The van der Waals surface area contributed by atoms with E-state index in [4.69, 9.17) is 5.26 Å². The van der Waals surface area contributed by atoms with Crippen LogP contribution in [0, 0.1) is 23.0 Å². The van der Waals surface area contributed by atoms with Crippen molar-refractivity contribution >= 4 is 0 Å². The molecule has 0 radical (unpaired) electrons. The summed E-state index contributed by atoms with van der Waals surface area (Å²) < 4.78 is 25.6. The molecule has 0 saturated heterocycles. The highest BCUT2D eigenvalue weighted by Gasteiger charge is 2.03. The predicted molar refractivity (Wildman–Crippen MR) is 52.9 cm³/mol. The number of halogens is 2. The van der Waals surface area contributed by atoms with Gasteiger partial charge in [0.05, 0.1) is 6.07 Å². The number of rotatable bonds is 4. The van der Waals surface area contributed by atoms with Crippen LogP contribution in [0.5, 0.6) is 0 Å². The highest BCUT2D eigenvalue weighted by atomic mass is 19.1. The first-order valence-electron chi connectivity index (χ1n) is 4.62. The van der Waals surface area contributed by atoms with Crippen molar-refractivity contribution in [3.05, 3.63) is 35.4 Å². The summed E-state index contributed by atoms with van der Waals surface area (Å²) in [6.45, 7) is 1.03. The molecule has 80 valence electrons. The summed E-state index contributed by atoms with van der Waals surface area (Å²) in [6, 6.07) is 5.46. The van der Waals surface area contributed by atoms with Gasteiger partial charge in [-0.1, -0.05) is 0 Å². The van der Waals surface area contributed by atoms with E-state index in [9.17, 15) is 8.78 Å². The first kappa shape index (κ1) is 11.6. The average molecular weight is 210 g/mol. The topological polar surface area (TPSA) is 27.0 Å². The first-order chi connectivity index (χ1) is 7.11. The molecule has 0 fully saturated rings. The van der Waals surface area contributed by atoms with Gasteiger partial charge in [0.15, 0.2) is 0 Å². The maximum absolute atomic E-state index is 12.8. The number of hydrogen-bond donors (Lipinski definition) is 0. The normalized spacial score (nSPS) is 10.3. The van der Waals surface area contributed by atoms with Crippen molar-refractivity contribution in [2.24, 2.45) is 0 Å². The SMILES string of the molecule is CN(CCC#N)Cc1cc(F)cc(F)c1. The van der Waals surface area contributed by atoms with Crippen LogP contribution in [0.3, 0.4) is 0 Å². The molecule has 4 heteroatoms. The summed E-state index contributed by atoms with van der Waals surface area (Å²) in [6.07, 6.45) is 0.411. The van der Waals surface area contributed by atoms with Crippen molar-refractivity contribution in [2.45, 2.75) is 13.0 Å². The molecule has 1 aromatic carbocycles. The van der Waals surface area contributed by atoms with Crippen LogP contribution in [0.15, 0.2) is 18.2 Å². The molecule has 1 aromatic rings. The Morgan fingerprint density at radius 1 is 1.27 bits per heavy atom. The van der Waals surface area contributed by atoms with Crippen LogP contribution in [0.2, 0.25) is 0 Å². The van der Waals surface area contributed by atoms with Crippen LogP contribution >= 0.6 is 0 Å². The molecule has 0 aliphatic carbocycles. The third-order valence-electron chi connectivity index (χ3n) is 1.98. The lowest BCUT2D eigenvalue weighted by molar-refractivity contribution is 0.333. The summed E-state index contributed by atoms with van der Waals surface area (Å²) in [7, 11) is 1.81. The molecule has 0 aliphatic rings. The van der Waals surface area contributed by atoms with Crippen molar-refractivity contribution < 1.29 is 8.78 Å². The molecule has 1 rings (SSSR count). The van der Waals surface area contributed by atoms with Crippen molar-refractivity contribution in [3.63, 3.8) is 0 Å². The van der Waals surface area contributed by atoms with Gasteiger partial charge in [-0.2, -0.15) is 5.26 Å². The summed E-state index contributed by atoms with van der Waals surface area (Å²) in [5.41, 5.74) is 0.577. The molecule has 0 amide bonds. The van der Waals surface area contributed by atoms with Gasteiger partial charge in [0.2, 0.25) is 0 Å². The van der Waals surface area contributed by atoms with E-state index in [1.54, 1.807) is 7.05 Å². The fourth-order valence-corrected chi connectivity index (χ4v) is 1.33. The fourth-order valence-electron chi connectivity index (χ4n) is 1.33. The van der Waals surface area contributed by atoms with Gasteiger partial charge in [0, 0.05) is 25.6 Å². The van der Waals surface area contributed by atoms with Gasteiger partial charge in [0.1, 0.15) is 11.6 Å². The molecule has 0 spiro atoms. The van der Waals surface area contributed by atoms with E-state index < -0.39 is 11.6 Å². The van der Waals surface area contributed by atoms with E-state index in [2.05, 4.69) is 0 Å². The maximum atomic E-state index is 12.8. The highest BCUT2D eigenvalue weighted by molar-refractivity contribution is 5.17. The van der Waals surface area contributed by atoms with Gasteiger partial charge in [-0.25, -0.2) is 8.78 Å². The number of hydrogen-bond acceptors (Lipinski definition) is 2. The van der Waals surface area contributed by atoms with Crippen LogP contribution in [-0.4, -0.2) is 18.5 Å². The minimum absolute atomic E-state index is 0.411. The second-order valence-corrected chi connectivity index (χ2v) is 3.42. The number of nitrogens with zero attached hydrogens (tertiary/aromatic N) is 2. The van der Waals surface area contributed by atoms with E-state index in [-0.39, 0.29) is 0 Å². The number of benzene rings is 1. The van der Waals surface area contributed by atoms with Crippen molar-refractivity contribution in [1.29, 1.82) is 5.26 Å². The zero-order valence-corrected chi connectivity index (χ0v) is 8.50. The highest BCUT2D eigenvalue weighted by Crippen LogP contribution is 2.09. The monoisotopic (exact) mass is 210 g/mol. The van der Waals surface area contributed by atoms with Crippen LogP contribution in [0.1, 0.15) is 12.0 Å². The average Bonchev–Trinajstić information content (AvgIpc) is 2.13. The lowest BCUT2D eigenvalue weighted by atomic mass is 10.2. The van der Waals surface area contributed by atoms with Gasteiger partial charge in [-0.3, -0.25) is 0 Å². The standard InChI is InChI=1S/C11H12F2N2/c1-15(4-2-3-14)8-9-5-10(12)7-11(13)6-9/h5-7H,2,4,8H2,1H3. The molecule has 15 heavy (non-hydrogen) atoms. The van der Waals surface area contributed by atoms with Gasteiger partial charge in [0.25, 0.3) is 0 Å². The van der Waals surface area contributed by atoms with Crippen LogP contribution in [-0.2, 0) is 6.54 Å². The molecule has 0 unspecified atom stereocenters. The zero-order valence-electron chi connectivity index (χ0n) is 8.50. The molecular formula is C11H12F2N2. The van der Waals surface area contributed by atoms with E-state index in [0.29, 0.717) is 25.1 Å². The minimum atomic E-state index is -0.571. The molecule has 2 nitrogen and oxygen atoms in total. The Bertz CT molecular complexity index is 351. The van der Waals surface area contributed by atoms with Crippen LogP contribution in [0.25, 0.3) is 0 Å². The largest absolute Gasteiger partial charge is 0.301 e. The third kappa shape index (κ3) is 4.05. The van der Waals surface area contributed by atoms with Gasteiger partial charge in [-0.05, 0) is 24.7 Å². The lowest BCUT2D eigenvalue weighted by Gasteiger charge is -2.14. The summed E-state index contributed by atoms with van der Waals surface area (Å²) in [4.78, 5) is 1.84.